The Kier molecular flexibility index (Phi) is 5.63. The molecule has 1 aliphatic rings. The Hall–Kier alpha value is -2.63. The molecule has 1 aromatic heterocycles. The molecule has 6 nitrogen and oxygen atoms in total. The van der Waals surface area contributed by atoms with Crippen molar-refractivity contribution in [3.8, 4) is 0 Å². The Balaban J connectivity index is 1.62. The maximum absolute atomic E-state index is 12.8. The number of carbonyl (C=O) groups excluding carboxylic acids is 1. The van der Waals surface area contributed by atoms with Gasteiger partial charge in [0, 0.05) is 49.2 Å². The van der Waals surface area contributed by atoms with Crippen LogP contribution in [0.4, 0.5) is 5.69 Å². The maximum atomic E-state index is 12.8. The number of nitrogens with zero attached hydrogens (tertiary/aromatic N) is 3. The van der Waals surface area contributed by atoms with Crippen LogP contribution >= 0.6 is 0 Å². The summed E-state index contributed by atoms with van der Waals surface area (Å²) in [5, 5.41) is 0. The van der Waals surface area contributed by atoms with Crippen molar-refractivity contribution in [2.24, 2.45) is 0 Å². The highest BCUT2D eigenvalue weighted by Gasteiger charge is 2.27. The number of carbonyl (C=O) groups is 1. The number of aryl methyl sites for hydroxylation is 3. The van der Waals surface area contributed by atoms with Gasteiger partial charge in [0.05, 0.1) is 0 Å². The van der Waals surface area contributed by atoms with Crippen LogP contribution in [0.15, 0.2) is 29.1 Å². The molecule has 1 amide bonds. The van der Waals surface area contributed by atoms with Crippen LogP contribution in [0, 0.1) is 20.8 Å². The second-order valence-corrected chi connectivity index (χ2v) is 7.40. The molecule has 1 fully saturated rings. The zero-order valence-corrected chi connectivity index (χ0v) is 16.6. The van der Waals surface area contributed by atoms with E-state index in [1.54, 1.807) is 0 Å². The van der Waals surface area contributed by atoms with Crippen LogP contribution in [-0.4, -0.2) is 46.5 Å². The van der Waals surface area contributed by atoms with Crippen LogP contribution in [0.5, 0.6) is 0 Å². The van der Waals surface area contributed by atoms with Crippen LogP contribution in [0.2, 0.25) is 0 Å². The number of amides is 1. The monoisotopic (exact) mass is 368 g/mol. The van der Waals surface area contributed by atoms with Crippen LogP contribution < -0.4 is 10.6 Å². The van der Waals surface area contributed by atoms with Crippen molar-refractivity contribution in [1.82, 2.24) is 14.9 Å². The first-order valence-corrected chi connectivity index (χ1v) is 9.53. The van der Waals surface area contributed by atoms with E-state index in [2.05, 4.69) is 53.0 Å². The third kappa shape index (κ3) is 4.21. The molecule has 2 aromatic rings. The first kappa shape index (κ1) is 19.1. The minimum atomic E-state index is -0.332. The first-order chi connectivity index (χ1) is 12.9. The molecule has 1 N–H and O–H groups in total. The SMILES string of the molecule is Cc1ccccc1N1CCN(C(=O)CCc2c(C)nc(=O)[nH]c2C)[C@H](C)C1. The molecule has 144 valence electrons. The van der Waals surface area contributed by atoms with Crippen LogP contribution in [-0.2, 0) is 11.2 Å². The lowest BCUT2D eigenvalue weighted by Crippen LogP contribution is -2.54. The lowest BCUT2D eigenvalue weighted by molar-refractivity contribution is -0.133. The molecule has 1 atom stereocenters. The Labute approximate surface area is 160 Å². The van der Waals surface area contributed by atoms with Gasteiger partial charge in [-0.05, 0) is 51.3 Å². The van der Waals surface area contributed by atoms with E-state index in [-0.39, 0.29) is 17.6 Å². The standard InChI is InChI=1S/C21H28N4O2/c1-14-7-5-6-8-19(14)24-11-12-25(15(2)13-24)20(26)10-9-18-16(3)22-21(27)23-17(18)4/h5-8,15H,9-13H2,1-4H3,(H,22,23,27)/t15-/m1/s1. The van der Waals surface area contributed by atoms with Crippen LogP contribution in [0.25, 0.3) is 0 Å². The third-order valence-corrected chi connectivity index (χ3v) is 5.45. The van der Waals surface area contributed by atoms with Crippen molar-refractivity contribution in [2.75, 3.05) is 24.5 Å². The lowest BCUT2D eigenvalue weighted by atomic mass is 10.0. The van der Waals surface area contributed by atoms with Gasteiger partial charge in [-0.3, -0.25) is 4.79 Å². The number of H-pyrrole nitrogens is 1. The van der Waals surface area contributed by atoms with Gasteiger partial charge < -0.3 is 14.8 Å². The van der Waals surface area contributed by atoms with E-state index in [9.17, 15) is 9.59 Å². The zero-order chi connectivity index (χ0) is 19.6. The Morgan fingerprint density at radius 1 is 1.22 bits per heavy atom. The van der Waals surface area contributed by atoms with Gasteiger partial charge in [0.1, 0.15) is 0 Å². The van der Waals surface area contributed by atoms with Crippen molar-refractivity contribution < 1.29 is 4.79 Å². The molecule has 0 aliphatic carbocycles. The number of piperazine rings is 1. The van der Waals surface area contributed by atoms with E-state index in [1.165, 1.54) is 11.3 Å². The average Bonchev–Trinajstić information content (AvgIpc) is 2.61. The molecule has 3 rings (SSSR count). The van der Waals surface area contributed by atoms with Gasteiger partial charge in [0.2, 0.25) is 5.91 Å². The molecular formula is C21H28N4O2. The van der Waals surface area contributed by atoms with Gasteiger partial charge in [-0.15, -0.1) is 0 Å². The summed E-state index contributed by atoms with van der Waals surface area (Å²) in [6.45, 7) is 10.3. The van der Waals surface area contributed by atoms with E-state index < -0.39 is 0 Å². The van der Waals surface area contributed by atoms with Crippen molar-refractivity contribution in [2.45, 2.75) is 46.6 Å². The highest BCUT2D eigenvalue weighted by atomic mass is 16.2. The minimum absolute atomic E-state index is 0.164. The molecular weight excluding hydrogens is 340 g/mol. The predicted molar refractivity (Wildman–Crippen MR) is 107 cm³/mol. The number of nitrogens with one attached hydrogen (secondary N) is 1. The van der Waals surface area contributed by atoms with Crippen molar-refractivity contribution in [3.05, 3.63) is 57.3 Å². The average molecular weight is 368 g/mol. The minimum Gasteiger partial charge on any atom is -0.367 e. The molecule has 0 bridgehead atoms. The fraction of sp³-hybridized carbons (Fsp3) is 0.476. The summed E-state index contributed by atoms with van der Waals surface area (Å²) in [5.74, 6) is 0.164. The number of aromatic nitrogens is 2. The molecule has 0 unspecified atom stereocenters. The van der Waals surface area contributed by atoms with Gasteiger partial charge in [-0.1, -0.05) is 18.2 Å². The van der Waals surface area contributed by atoms with Gasteiger partial charge in [0.25, 0.3) is 0 Å². The Morgan fingerprint density at radius 2 is 1.96 bits per heavy atom. The summed E-state index contributed by atoms with van der Waals surface area (Å²) in [6, 6.07) is 8.56. The Bertz CT molecular complexity index is 864. The number of rotatable bonds is 4. The molecule has 27 heavy (non-hydrogen) atoms. The van der Waals surface area contributed by atoms with Gasteiger partial charge in [-0.2, -0.15) is 4.98 Å². The summed E-state index contributed by atoms with van der Waals surface area (Å²) < 4.78 is 0. The lowest BCUT2D eigenvalue weighted by Gasteiger charge is -2.41. The summed E-state index contributed by atoms with van der Waals surface area (Å²) in [6.07, 6.45) is 1.04. The fourth-order valence-electron chi connectivity index (χ4n) is 3.96. The van der Waals surface area contributed by atoms with Crippen LogP contribution in [0.3, 0.4) is 0 Å². The fourth-order valence-corrected chi connectivity index (χ4v) is 3.96. The molecule has 0 radical (unpaired) electrons. The Morgan fingerprint density at radius 3 is 2.63 bits per heavy atom. The zero-order valence-electron chi connectivity index (χ0n) is 16.6. The van der Waals surface area contributed by atoms with Gasteiger partial charge in [-0.25, -0.2) is 4.79 Å². The van der Waals surface area contributed by atoms with Crippen LogP contribution in [0.1, 0.15) is 35.9 Å². The molecule has 1 saturated heterocycles. The molecule has 1 aromatic carbocycles. The van der Waals surface area contributed by atoms with Crippen molar-refractivity contribution in [3.63, 3.8) is 0 Å². The van der Waals surface area contributed by atoms with E-state index in [0.29, 0.717) is 18.5 Å². The highest BCUT2D eigenvalue weighted by Crippen LogP contribution is 2.23. The number of aromatic amines is 1. The number of para-hydroxylation sites is 1. The van der Waals surface area contributed by atoms with E-state index in [0.717, 1.165) is 30.9 Å². The number of benzene rings is 1. The molecule has 6 heteroatoms. The van der Waals surface area contributed by atoms with Crippen molar-refractivity contribution >= 4 is 11.6 Å². The number of hydrogen-bond donors (Lipinski definition) is 1. The second kappa shape index (κ2) is 7.94. The first-order valence-electron chi connectivity index (χ1n) is 9.53. The third-order valence-electron chi connectivity index (χ3n) is 5.45. The van der Waals surface area contributed by atoms with Gasteiger partial charge >= 0.3 is 5.69 Å². The van der Waals surface area contributed by atoms with Gasteiger partial charge in [0.15, 0.2) is 0 Å². The van der Waals surface area contributed by atoms with Crippen molar-refractivity contribution in [1.29, 1.82) is 0 Å². The smallest absolute Gasteiger partial charge is 0.345 e. The highest BCUT2D eigenvalue weighted by molar-refractivity contribution is 5.77. The quantitative estimate of drug-likeness (QED) is 0.899. The normalized spacial score (nSPS) is 17.3. The summed E-state index contributed by atoms with van der Waals surface area (Å²) in [4.78, 5) is 35.2. The van der Waals surface area contributed by atoms with E-state index in [1.807, 2.05) is 18.7 Å². The molecule has 0 saturated carbocycles. The summed E-state index contributed by atoms with van der Waals surface area (Å²) >= 11 is 0. The van der Waals surface area contributed by atoms with E-state index >= 15 is 0 Å². The maximum Gasteiger partial charge on any atom is 0.345 e. The molecule has 0 spiro atoms. The van der Waals surface area contributed by atoms with E-state index in [4.69, 9.17) is 0 Å². The molecule has 2 heterocycles. The molecule has 1 aliphatic heterocycles. The largest absolute Gasteiger partial charge is 0.367 e. The number of hydrogen-bond acceptors (Lipinski definition) is 4. The number of anilines is 1. The summed E-state index contributed by atoms with van der Waals surface area (Å²) in [5.41, 5.74) is 4.66. The second-order valence-electron chi connectivity index (χ2n) is 7.40. The predicted octanol–water partition coefficient (Wildman–Crippen LogP) is 2.37. The summed E-state index contributed by atoms with van der Waals surface area (Å²) in [7, 11) is 0. The topological polar surface area (TPSA) is 69.3 Å².